The van der Waals surface area contributed by atoms with Gasteiger partial charge in [-0.3, -0.25) is 14.6 Å². The lowest BCUT2D eigenvalue weighted by atomic mass is 10.00. The number of aromatic nitrogens is 1. The molecule has 6 heteroatoms. The fourth-order valence-electron chi connectivity index (χ4n) is 1.19. The van der Waals surface area contributed by atoms with E-state index in [1.165, 1.54) is 6.20 Å². The number of hydrogen-bond donors (Lipinski definition) is 1. The summed E-state index contributed by atoms with van der Waals surface area (Å²) in [5.74, 6) is -0.480. The van der Waals surface area contributed by atoms with Crippen LogP contribution < -0.4 is 5.32 Å². The van der Waals surface area contributed by atoms with Crippen molar-refractivity contribution in [3.63, 3.8) is 0 Å². The Morgan fingerprint density at radius 3 is 2.53 bits per heavy atom. The molecule has 0 aromatic carbocycles. The van der Waals surface area contributed by atoms with Crippen molar-refractivity contribution in [2.24, 2.45) is 0 Å². The van der Waals surface area contributed by atoms with Gasteiger partial charge >= 0.3 is 0 Å². The molecular weight excluding hydrogens is 352 g/mol. The van der Waals surface area contributed by atoms with E-state index in [-0.39, 0.29) is 11.7 Å². The number of carbonyl (C=O) groups is 2. The molecule has 1 aromatic rings. The second-order valence-electron chi connectivity index (χ2n) is 3.99. The minimum absolute atomic E-state index is 0.158. The third-order valence-electron chi connectivity index (χ3n) is 2.16. The van der Waals surface area contributed by atoms with E-state index >= 15 is 0 Å². The summed E-state index contributed by atoms with van der Waals surface area (Å²) in [6.45, 7) is 3.30. The third-order valence-corrected chi connectivity index (χ3v) is 3.00. The van der Waals surface area contributed by atoms with Gasteiger partial charge in [0.2, 0.25) is 0 Å². The Bertz CT molecular complexity index is 419. The van der Waals surface area contributed by atoms with Crippen LogP contribution in [0.2, 0.25) is 0 Å². The van der Waals surface area contributed by atoms with E-state index in [1.54, 1.807) is 32.2 Å². The van der Waals surface area contributed by atoms with Crippen LogP contribution in [0.5, 0.6) is 0 Å². The van der Waals surface area contributed by atoms with E-state index < -0.39 is 9.28 Å². The van der Waals surface area contributed by atoms with E-state index in [2.05, 4.69) is 42.2 Å². The normalized spacial score (nSPS) is 11.4. The van der Waals surface area contributed by atoms with Gasteiger partial charge in [0.1, 0.15) is 3.74 Å². The van der Waals surface area contributed by atoms with Crippen LogP contribution in [0.1, 0.15) is 24.2 Å². The third kappa shape index (κ3) is 3.89. The number of ketones is 1. The van der Waals surface area contributed by atoms with Crippen molar-refractivity contribution in [3.8, 4) is 0 Å². The van der Waals surface area contributed by atoms with Gasteiger partial charge in [0.15, 0.2) is 5.78 Å². The van der Waals surface area contributed by atoms with Gasteiger partial charge in [-0.15, -0.1) is 0 Å². The van der Waals surface area contributed by atoms with E-state index in [9.17, 15) is 9.59 Å². The highest BCUT2D eigenvalue weighted by Gasteiger charge is 2.32. The van der Waals surface area contributed by atoms with Gasteiger partial charge in [0.05, 0.1) is 11.1 Å². The predicted octanol–water partition coefficient (Wildman–Crippen LogP) is 2.28. The Hall–Kier alpha value is -0.750. The van der Waals surface area contributed by atoms with Crippen molar-refractivity contribution >= 4 is 43.6 Å². The lowest BCUT2D eigenvalue weighted by molar-refractivity contribution is -0.121. The highest BCUT2D eigenvalue weighted by molar-refractivity contribution is 9.25. The summed E-state index contributed by atoms with van der Waals surface area (Å²) in [6, 6.07) is 3.31. The predicted molar refractivity (Wildman–Crippen MR) is 72.4 cm³/mol. The van der Waals surface area contributed by atoms with Crippen molar-refractivity contribution in [3.05, 3.63) is 30.1 Å². The summed E-state index contributed by atoms with van der Waals surface area (Å²) in [4.78, 5) is 27.5. The summed E-state index contributed by atoms with van der Waals surface area (Å²) in [5.41, 5.74) is -0.529. The molecule has 0 aliphatic rings. The number of pyridine rings is 1. The van der Waals surface area contributed by atoms with Crippen LogP contribution in [0.3, 0.4) is 0 Å². The first kappa shape index (κ1) is 14.3. The average molecular weight is 364 g/mol. The zero-order valence-corrected chi connectivity index (χ0v) is 12.6. The van der Waals surface area contributed by atoms with Gasteiger partial charge in [-0.05, 0) is 26.0 Å². The molecule has 92 valence electrons. The van der Waals surface area contributed by atoms with Crippen LogP contribution in [0.25, 0.3) is 0 Å². The molecular formula is C11H12Br2N2O2. The molecule has 1 rings (SSSR count). The van der Waals surface area contributed by atoms with E-state index in [0.29, 0.717) is 5.56 Å². The molecule has 0 aliphatic heterocycles. The fraction of sp³-hybridized carbons (Fsp3) is 0.364. The highest BCUT2D eigenvalue weighted by atomic mass is 79.9. The summed E-state index contributed by atoms with van der Waals surface area (Å²) >= 11 is 6.25. The molecule has 17 heavy (non-hydrogen) atoms. The Morgan fingerprint density at radius 2 is 2.06 bits per heavy atom. The van der Waals surface area contributed by atoms with Gasteiger partial charge in [0, 0.05) is 12.4 Å². The standard InChI is InChI=1S/C11H12Br2N2O2/c1-11(2,8(16)9(12)13)15-10(17)7-4-3-5-14-6-7/h3-6,9H,1-2H3,(H,15,17). The van der Waals surface area contributed by atoms with Crippen molar-refractivity contribution in [1.29, 1.82) is 0 Å². The van der Waals surface area contributed by atoms with Gasteiger partial charge in [-0.1, -0.05) is 31.9 Å². The number of nitrogens with one attached hydrogen (secondary N) is 1. The smallest absolute Gasteiger partial charge is 0.253 e. The Balaban J connectivity index is 2.78. The molecule has 4 nitrogen and oxygen atoms in total. The number of hydrogen-bond acceptors (Lipinski definition) is 3. The van der Waals surface area contributed by atoms with E-state index in [0.717, 1.165) is 0 Å². The quantitative estimate of drug-likeness (QED) is 0.835. The van der Waals surface area contributed by atoms with Crippen molar-refractivity contribution in [2.45, 2.75) is 23.1 Å². The van der Waals surface area contributed by atoms with Crippen LogP contribution in [0, 0.1) is 0 Å². The van der Waals surface area contributed by atoms with E-state index in [1.807, 2.05) is 0 Å². The molecule has 0 saturated carbocycles. The molecule has 0 atom stereocenters. The molecule has 0 unspecified atom stereocenters. The SMILES string of the molecule is CC(C)(NC(=O)c1cccnc1)C(=O)C(Br)Br. The van der Waals surface area contributed by atoms with Gasteiger partial charge < -0.3 is 5.32 Å². The second-order valence-corrected chi connectivity index (χ2v) is 7.05. The lowest BCUT2D eigenvalue weighted by Gasteiger charge is -2.25. The summed E-state index contributed by atoms with van der Waals surface area (Å²) in [7, 11) is 0. The first-order valence-electron chi connectivity index (χ1n) is 4.89. The second kappa shape index (κ2) is 5.73. The number of nitrogens with zero attached hydrogens (tertiary/aromatic N) is 1. The number of Topliss-reactive ketones (excluding diaryl/α,β-unsaturated/α-hetero) is 1. The fourth-order valence-corrected chi connectivity index (χ4v) is 2.33. The number of amides is 1. The molecule has 0 fully saturated rings. The molecule has 1 heterocycles. The maximum absolute atomic E-state index is 11.9. The van der Waals surface area contributed by atoms with E-state index in [4.69, 9.17) is 0 Å². The van der Waals surface area contributed by atoms with Crippen LogP contribution >= 0.6 is 31.9 Å². The van der Waals surface area contributed by atoms with Crippen molar-refractivity contribution in [2.75, 3.05) is 0 Å². The minimum atomic E-state index is -0.954. The first-order valence-corrected chi connectivity index (χ1v) is 6.73. The Labute approximate surface area is 116 Å². The maximum atomic E-state index is 11.9. The first-order chi connectivity index (χ1) is 7.84. The number of alkyl halides is 2. The van der Waals surface area contributed by atoms with Crippen LogP contribution in [-0.4, -0.2) is 25.9 Å². The Morgan fingerprint density at radius 1 is 1.41 bits per heavy atom. The number of carbonyl (C=O) groups excluding carboxylic acids is 2. The molecule has 1 amide bonds. The molecule has 1 aromatic heterocycles. The largest absolute Gasteiger partial charge is 0.340 e. The topological polar surface area (TPSA) is 59.1 Å². The maximum Gasteiger partial charge on any atom is 0.253 e. The summed E-state index contributed by atoms with van der Waals surface area (Å²) < 4.78 is -0.487. The van der Waals surface area contributed by atoms with Crippen molar-refractivity contribution < 1.29 is 9.59 Å². The zero-order valence-electron chi connectivity index (χ0n) is 9.41. The highest BCUT2D eigenvalue weighted by Crippen LogP contribution is 2.18. The molecule has 0 saturated heterocycles. The Kier molecular flexibility index (Phi) is 4.82. The zero-order chi connectivity index (χ0) is 13.1. The van der Waals surface area contributed by atoms with Gasteiger partial charge in [0.25, 0.3) is 5.91 Å². The van der Waals surface area contributed by atoms with Crippen molar-refractivity contribution in [1.82, 2.24) is 10.3 Å². The molecule has 0 bridgehead atoms. The molecule has 0 radical (unpaired) electrons. The van der Waals surface area contributed by atoms with Crippen LogP contribution in [0.15, 0.2) is 24.5 Å². The summed E-state index contributed by atoms with van der Waals surface area (Å²) in [6.07, 6.45) is 3.04. The average Bonchev–Trinajstić information content (AvgIpc) is 2.28. The van der Waals surface area contributed by atoms with Crippen LogP contribution in [0.4, 0.5) is 0 Å². The molecule has 0 aliphatic carbocycles. The number of rotatable bonds is 4. The molecule has 0 spiro atoms. The van der Waals surface area contributed by atoms with Crippen LogP contribution in [-0.2, 0) is 4.79 Å². The lowest BCUT2D eigenvalue weighted by Crippen LogP contribution is -2.51. The monoisotopic (exact) mass is 362 g/mol. The van der Waals surface area contributed by atoms with Gasteiger partial charge in [-0.25, -0.2) is 0 Å². The molecule has 1 N–H and O–H groups in total. The number of halogens is 2. The minimum Gasteiger partial charge on any atom is -0.340 e. The summed E-state index contributed by atoms with van der Waals surface area (Å²) in [5, 5.41) is 2.67. The van der Waals surface area contributed by atoms with Gasteiger partial charge in [-0.2, -0.15) is 0 Å².